The number of pyridine rings is 1. The van der Waals surface area contributed by atoms with Gasteiger partial charge in [-0.25, -0.2) is 14.6 Å². The minimum absolute atomic E-state index is 0.0460. The zero-order valence-corrected chi connectivity index (χ0v) is 11.6. The third kappa shape index (κ3) is 2.99. The van der Waals surface area contributed by atoms with E-state index in [-0.39, 0.29) is 16.5 Å². The van der Waals surface area contributed by atoms with Gasteiger partial charge in [-0.1, -0.05) is 0 Å². The molecule has 2 rings (SSSR count). The molecule has 2 aromatic rings. The summed E-state index contributed by atoms with van der Waals surface area (Å²) in [6.45, 7) is 3.16. The van der Waals surface area contributed by atoms with Crippen LogP contribution < -0.4 is 0 Å². The van der Waals surface area contributed by atoms with Crippen LogP contribution in [0.3, 0.4) is 0 Å². The SMILES string of the molecule is CC(=O)[C@@H](C)n1cnc(Sc2ncccc2[N+](=O)[O-])n1. The van der Waals surface area contributed by atoms with Crippen molar-refractivity contribution in [1.29, 1.82) is 0 Å². The number of nitro groups is 1. The average Bonchev–Trinajstić information content (AvgIpc) is 2.86. The van der Waals surface area contributed by atoms with Crippen LogP contribution in [0.5, 0.6) is 0 Å². The van der Waals surface area contributed by atoms with Gasteiger partial charge in [-0.05, 0) is 31.7 Å². The van der Waals surface area contributed by atoms with Gasteiger partial charge in [0.25, 0.3) is 0 Å². The van der Waals surface area contributed by atoms with Gasteiger partial charge in [0.15, 0.2) is 10.8 Å². The van der Waals surface area contributed by atoms with Gasteiger partial charge in [-0.2, -0.15) is 0 Å². The number of carbonyl (C=O) groups is 1. The molecule has 0 bridgehead atoms. The molecule has 9 heteroatoms. The summed E-state index contributed by atoms with van der Waals surface area (Å²) in [4.78, 5) is 29.6. The lowest BCUT2D eigenvalue weighted by Crippen LogP contribution is -2.13. The number of carbonyl (C=O) groups excluding carboxylic acids is 1. The summed E-state index contributed by atoms with van der Waals surface area (Å²) in [7, 11) is 0. The van der Waals surface area contributed by atoms with Crippen LogP contribution in [0.4, 0.5) is 5.69 Å². The van der Waals surface area contributed by atoms with Gasteiger partial charge in [-0.15, -0.1) is 5.10 Å². The van der Waals surface area contributed by atoms with Crippen LogP contribution in [0.2, 0.25) is 0 Å². The van der Waals surface area contributed by atoms with Crippen LogP contribution >= 0.6 is 11.8 Å². The van der Waals surface area contributed by atoms with Gasteiger partial charge in [0.2, 0.25) is 5.16 Å². The summed E-state index contributed by atoms with van der Waals surface area (Å²) in [6, 6.07) is 2.44. The molecule has 0 fully saturated rings. The van der Waals surface area contributed by atoms with E-state index in [1.54, 1.807) is 6.92 Å². The summed E-state index contributed by atoms with van der Waals surface area (Å²) < 4.78 is 1.42. The first-order valence-electron chi connectivity index (χ1n) is 5.68. The molecule has 0 spiro atoms. The fraction of sp³-hybridized carbons (Fsp3) is 0.273. The Balaban J connectivity index is 2.23. The van der Waals surface area contributed by atoms with Crippen LogP contribution in [0.25, 0.3) is 0 Å². The van der Waals surface area contributed by atoms with Crippen LogP contribution in [-0.2, 0) is 4.79 Å². The molecule has 0 saturated heterocycles. The van der Waals surface area contributed by atoms with Crippen molar-refractivity contribution in [1.82, 2.24) is 19.7 Å². The van der Waals surface area contributed by atoms with Crippen molar-refractivity contribution in [2.24, 2.45) is 0 Å². The van der Waals surface area contributed by atoms with Gasteiger partial charge in [0, 0.05) is 12.3 Å². The first-order valence-corrected chi connectivity index (χ1v) is 6.49. The summed E-state index contributed by atoms with van der Waals surface area (Å²) in [6.07, 6.45) is 2.88. The van der Waals surface area contributed by atoms with Crippen molar-refractivity contribution in [3.05, 3.63) is 34.8 Å². The number of hydrogen-bond acceptors (Lipinski definition) is 7. The van der Waals surface area contributed by atoms with Crippen LogP contribution in [0.15, 0.2) is 34.8 Å². The first-order chi connectivity index (χ1) is 9.49. The Bertz CT molecular complexity index is 657. The minimum Gasteiger partial charge on any atom is -0.298 e. The Hall–Kier alpha value is -2.29. The zero-order chi connectivity index (χ0) is 14.7. The fourth-order valence-corrected chi connectivity index (χ4v) is 2.13. The highest BCUT2D eigenvalue weighted by atomic mass is 32.2. The standard InChI is InChI=1S/C11H11N5O3S/c1-7(8(2)17)15-6-13-11(14-15)20-10-9(16(18)19)4-3-5-12-10/h3-7H,1-2H3/t7-/m1/s1. The van der Waals surface area contributed by atoms with E-state index >= 15 is 0 Å². The summed E-state index contributed by atoms with van der Waals surface area (Å²) >= 11 is 0.985. The van der Waals surface area contributed by atoms with E-state index in [2.05, 4.69) is 15.1 Å². The molecular formula is C11H11N5O3S. The van der Waals surface area contributed by atoms with Gasteiger partial charge < -0.3 is 0 Å². The van der Waals surface area contributed by atoms with Gasteiger partial charge in [-0.3, -0.25) is 14.9 Å². The smallest absolute Gasteiger partial charge is 0.298 e. The maximum absolute atomic E-state index is 11.3. The number of ketones is 1. The third-order valence-electron chi connectivity index (χ3n) is 2.61. The van der Waals surface area contributed by atoms with Gasteiger partial charge in [0.1, 0.15) is 12.4 Å². The maximum Gasteiger partial charge on any atom is 0.301 e. The fourth-order valence-electron chi connectivity index (χ4n) is 1.36. The van der Waals surface area contributed by atoms with E-state index < -0.39 is 11.0 Å². The van der Waals surface area contributed by atoms with Crippen LogP contribution in [-0.4, -0.2) is 30.5 Å². The van der Waals surface area contributed by atoms with Crippen LogP contribution in [0.1, 0.15) is 19.9 Å². The normalized spacial score (nSPS) is 12.1. The predicted octanol–water partition coefficient (Wildman–Crippen LogP) is 1.88. The van der Waals surface area contributed by atoms with E-state index in [0.717, 1.165) is 11.8 Å². The van der Waals surface area contributed by atoms with Crippen molar-refractivity contribution < 1.29 is 9.72 Å². The molecule has 0 radical (unpaired) electrons. The molecule has 104 valence electrons. The highest BCUT2D eigenvalue weighted by Crippen LogP contribution is 2.30. The molecular weight excluding hydrogens is 282 g/mol. The summed E-state index contributed by atoms with van der Waals surface area (Å²) in [5.41, 5.74) is -0.103. The highest BCUT2D eigenvalue weighted by Gasteiger charge is 2.18. The zero-order valence-electron chi connectivity index (χ0n) is 10.8. The quantitative estimate of drug-likeness (QED) is 0.612. The van der Waals surface area contributed by atoms with Crippen molar-refractivity contribution in [3.8, 4) is 0 Å². The van der Waals surface area contributed by atoms with Crippen LogP contribution in [0, 0.1) is 10.1 Å². The Morgan fingerprint density at radius 2 is 2.25 bits per heavy atom. The molecule has 0 saturated carbocycles. The van der Waals surface area contributed by atoms with E-state index in [1.165, 1.54) is 36.3 Å². The third-order valence-corrected chi connectivity index (χ3v) is 3.49. The number of nitrogens with zero attached hydrogens (tertiary/aromatic N) is 5. The average molecular weight is 293 g/mol. The highest BCUT2D eigenvalue weighted by molar-refractivity contribution is 7.99. The summed E-state index contributed by atoms with van der Waals surface area (Å²) in [5, 5.41) is 15.5. The Morgan fingerprint density at radius 1 is 1.50 bits per heavy atom. The molecule has 20 heavy (non-hydrogen) atoms. The van der Waals surface area contributed by atoms with Gasteiger partial charge in [0.05, 0.1) is 4.92 Å². The molecule has 0 aliphatic heterocycles. The molecule has 8 nitrogen and oxygen atoms in total. The van der Waals surface area contributed by atoms with E-state index in [0.29, 0.717) is 5.16 Å². The monoisotopic (exact) mass is 293 g/mol. The number of aromatic nitrogens is 4. The lowest BCUT2D eigenvalue weighted by molar-refractivity contribution is -0.388. The largest absolute Gasteiger partial charge is 0.301 e. The lowest BCUT2D eigenvalue weighted by atomic mass is 10.2. The Kier molecular flexibility index (Phi) is 4.08. The summed E-state index contributed by atoms with van der Waals surface area (Å²) in [5.74, 6) is -0.0460. The van der Waals surface area contributed by atoms with Crippen molar-refractivity contribution in [2.45, 2.75) is 30.1 Å². The molecule has 1 atom stereocenters. The maximum atomic E-state index is 11.3. The molecule has 0 aliphatic carbocycles. The second-order valence-electron chi connectivity index (χ2n) is 3.98. The van der Waals surface area contributed by atoms with Crippen molar-refractivity contribution in [3.63, 3.8) is 0 Å². The number of hydrogen-bond donors (Lipinski definition) is 0. The Labute approximate surface area is 118 Å². The molecule has 0 amide bonds. The molecule has 2 aromatic heterocycles. The van der Waals surface area contributed by atoms with Crippen molar-refractivity contribution >= 4 is 23.2 Å². The minimum atomic E-state index is -0.509. The molecule has 2 heterocycles. The second kappa shape index (κ2) is 5.78. The predicted molar refractivity (Wildman–Crippen MR) is 70.4 cm³/mol. The van der Waals surface area contributed by atoms with E-state index in [4.69, 9.17) is 0 Å². The first kappa shape index (κ1) is 14.1. The molecule has 0 N–H and O–H groups in total. The number of Topliss-reactive ketones (excluding diaryl/α,β-unsaturated/α-hetero) is 1. The van der Waals surface area contributed by atoms with Gasteiger partial charge >= 0.3 is 5.69 Å². The molecule has 0 aromatic carbocycles. The van der Waals surface area contributed by atoms with E-state index in [1.807, 2.05) is 0 Å². The Morgan fingerprint density at radius 3 is 2.90 bits per heavy atom. The number of rotatable bonds is 5. The molecule has 0 aliphatic rings. The molecule has 0 unspecified atom stereocenters. The van der Waals surface area contributed by atoms with Crippen molar-refractivity contribution in [2.75, 3.05) is 0 Å². The lowest BCUT2D eigenvalue weighted by Gasteiger charge is -2.05. The van der Waals surface area contributed by atoms with E-state index in [9.17, 15) is 14.9 Å². The topological polar surface area (TPSA) is 104 Å². The second-order valence-corrected chi connectivity index (χ2v) is 4.94.